The molecule has 1 saturated carbocycles. The number of halogens is 1. The Morgan fingerprint density at radius 1 is 1.50 bits per heavy atom. The molecule has 5 heteroatoms. The van der Waals surface area contributed by atoms with Crippen molar-refractivity contribution in [3.8, 4) is 0 Å². The van der Waals surface area contributed by atoms with E-state index in [1.54, 1.807) is 6.92 Å². The number of allylic oxidation sites excluding steroid dienone is 3. The van der Waals surface area contributed by atoms with Crippen LogP contribution in [0, 0.1) is 17.8 Å². The highest BCUT2D eigenvalue weighted by molar-refractivity contribution is 5.68. The van der Waals surface area contributed by atoms with Crippen LogP contribution >= 0.6 is 0 Å². The Morgan fingerprint density at radius 2 is 2.32 bits per heavy atom. The molecule has 22 heavy (non-hydrogen) atoms. The van der Waals surface area contributed by atoms with Crippen molar-refractivity contribution in [1.29, 1.82) is 0 Å². The second-order valence-electron chi connectivity index (χ2n) is 6.84. The lowest BCUT2D eigenvalue weighted by Crippen LogP contribution is -2.51. The van der Waals surface area contributed by atoms with Gasteiger partial charge in [0.15, 0.2) is 0 Å². The molecule has 0 radical (unpaired) electrons. The Morgan fingerprint density at radius 3 is 3.09 bits per heavy atom. The van der Waals surface area contributed by atoms with Gasteiger partial charge < -0.3 is 14.7 Å². The number of alkyl halides is 1. The third kappa shape index (κ3) is 3.51. The first kappa shape index (κ1) is 15.5. The van der Waals surface area contributed by atoms with Crippen LogP contribution < -0.4 is 0 Å². The van der Waals surface area contributed by atoms with E-state index in [-0.39, 0.29) is 19.1 Å². The van der Waals surface area contributed by atoms with Gasteiger partial charge in [0.25, 0.3) is 0 Å². The molecule has 1 amide bonds. The summed E-state index contributed by atoms with van der Waals surface area (Å²) >= 11 is 0. The van der Waals surface area contributed by atoms with E-state index in [9.17, 15) is 14.3 Å². The van der Waals surface area contributed by atoms with Crippen LogP contribution in [0.2, 0.25) is 0 Å². The zero-order valence-electron chi connectivity index (χ0n) is 13.0. The molecule has 5 atom stereocenters. The minimum absolute atomic E-state index is 0.0927. The van der Waals surface area contributed by atoms with Crippen molar-refractivity contribution >= 4 is 6.09 Å². The first-order valence-electron chi connectivity index (χ1n) is 8.14. The summed E-state index contributed by atoms with van der Waals surface area (Å²) < 4.78 is 18.9. The average molecular weight is 309 g/mol. The SMILES string of the molecule is C[C@@H]1CN(C(=O)OC/C=C2\C=CC[C@H]3C[C@@H]3C2)C[C@H](F)C1O. The number of nitrogens with zero attached hydrogens (tertiary/aromatic N) is 1. The number of fused-ring (bicyclic) bond motifs is 1. The molecule has 1 heterocycles. The lowest BCUT2D eigenvalue weighted by molar-refractivity contribution is -0.0281. The van der Waals surface area contributed by atoms with Gasteiger partial charge in [-0.3, -0.25) is 0 Å². The van der Waals surface area contributed by atoms with Crippen LogP contribution in [-0.4, -0.2) is 48.1 Å². The highest BCUT2D eigenvalue weighted by Gasteiger charge is 2.37. The molecule has 2 aliphatic carbocycles. The fraction of sp³-hybridized carbons (Fsp3) is 0.706. The fourth-order valence-corrected chi connectivity index (χ4v) is 3.43. The average Bonchev–Trinajstić information content (AvgIpc) is 3.22. The van der Waals surface area contributed by atoms with Crippen LogP contribution in [0.5, 0.6) is 0 Å². The van der Waals surface area contributed by atoms with Crippen LogP contribution in [0.25, 0.3) is 0 Å². The van der Waals surface area contributed by atoms with Crippen LogP contribution in [0.4, 0.5) is 9.18 Å². The van der Waals surface area contributed by atoms with Crippen molar-refractivity contribution < 1.29 is 19.0 Å². The first-order valence-corrected chi connectivity index (χ1v) is 8.14. The van der Waals surface area contributed by atoms with E-state index in [1.807, 2.05) is 6.08 Å². The highest BCUT2D eigenvalue weighted by Crippen LogP contribution is 2.47. The molecule has 0 aromatic rings. The third-order valence-corrected chi connectivity index (χ3v) is 5.00. The molecule has 1 N–H and O–H groups in total. The predicted octanol–water partition coefficient (Wildman–Crippen LogP) is 2.69. The van der Waals surface area contributed by atoms with E-state index in [0.29, 0.717) is 6.54 Å². The maximum Gasteiger partial charge on any atom is 0.410 e. The molecular formula is C17H24FNO3. The largest absolute Gasteiger partial charge is 0.445 e. The van der Waals surface area contributed by atoms with Crippen LogP contribution in [-0.2, 0) is 4.74 Å². The van der Waals surface area contributed by atoms with Gasteiger partial charge in [-0.2, -0.15) is 0 Å². The number of carbonyl (C=O) groups is 1. The molecule has 0 bridgehead atoms. The number of ether oxygens (including phenoxy) is 1. The van der Waals surface area contributed by atoms with Crippen LogP contribution in [0.3, 0.4) is 0 Å². The Labute approximate surface area is 130 Å². The summed E-state index contributed by atoms with van der Waals surface area (Å²) in [5.41, 5.74) is 1.23. The normalized spacial score (nSPS) is 39.3. The molecule has 1 saturated heterocycles. The van der Waals surface area contributed by atoms with Crippen LogP contribution in [0.15, 0.2) is 23.8 Å². The smallest absolute Gasteiger partial charge is 0.410 e. The van der Waals surface area contributed by atoms with Crippen molar-refractivity contribution in [1.82, 2.24) is 4.90 Å². The lowest BCUT2D eigenvalue weighted by Gasteiger charge is -2.35. The van der Waals surface area contributed by atoms with Gasteiger partial charge in [-0.15, -0.1) is 0 Å². The number of likely N-dealkylation sites (tertiary alicyclic amines) is 1. The zero-order chi connectivity index (χ0) is 15.7. The number of piperidine rings is 1. The monoisotopic (exact) mass is 309 g/mol. The summed E-state index contributed by atoms with van der Waals surface area (Å²) in [4.78, 5) is 13.3. The van der Waals surface area contributed by atoms with Gasteiger partial charge in [0, 0.05) is 12.5 Å². The van der Waals surface area contributed by atoms with Gasteiger partial charge in [-0.25, -0.2) is 9.18 Å². The standard InChI is InChI=1S/C17H24FNO3/c1-11-9-19(10-15(18)16(11)20)17(21)22-6-5-12-3-2-4-13-8-14(13)7-12/h2-3,5,11,13-16,20H,4,6-10H2,1H3/b12-5+/t11-,13+,14+,15+,16?/m1/s1. The van der Waals surface area contributed by atoms with Gasteiger partial charge in [-0.05, 0) is 42.7 Å². The van der Waals surface area contributed by atoms with Gasteiger partial charge in [0.2, 0.25) is 0 Å². The van der Waals surface area contributed by atoms with Crippen molar-refractivity contribution in [2.24, 2.45) is 17.8 Å². The van der Waals surface area contributed by atoms with E-state index >= 15 is 0 Å². The van der Waals surface area contributed by atoms with Crippen molar-refractivity contribution in [2.45, 2.75) is 38.5 Å². The molecule has 0 aromatic heterocycles. The first-order chi connectivity index (χ1) is 10.5. The maximum absolute atomic E-state index is 13.6. The van der Waals surface area contributed by atoms with E-state index in [0.717, 1.165) is 24.7 Å². The summed E-state index contributed by atoms with van der Waals surface area (Å²) in [7, 11) is 0. The molecule has 4 nitrogen and oxygen atoms in total. The predicted molar refractivity (Wildman–Crippen MR) is 81.0 cm³/mol. The molecule has 0 aromatic carbocycles. The Bertz CT molecular complexity index is 478. The molecular weight excluding hydrogens is 285 g/mol. The van der Waals surface area contributed by atoms with Crippen molar-refractivity contribution in [2.75, 3.05) is 19.7 Å². The second-order valence-corrected chi connectivity index (χ2v) is 6.84. The number of amides is 1. The highest BCUT2D eigenvalue weighted by atomic mass is 19.1. The van der Waals surface area contributed by atoms with Crippen molar-refractivity contribution in [3.63, 3.8) is 0 Å². The van der Waals surface area contributed by atoms with Gasteiger partial charge in [-0.1, -0.05) is 19.1 Å². The van der Waals surface area contributed by atoms with Gasteiger partial charge >= 0.3 is 6.09 Å². The summed E-state index contributed by atoms with van der Waals surface area (Å²) in [5, 5.41) is 9.58. The number of carbonyl (C=O) groups excluding carboxylic acids is 1. The maximum atomic E-state index is 13.6. The Kier molecular flexibility index (Phi) is 4.52. The molecule has 0 spiro atoms. The van der Waals surface area contributed by atoms with E-state index < -0.39 is 18.4 Å². The number of aliphatic hydroxyl groups excluding tert-OH is 1. The lowest BCUT2D eigenvalue weighted by atomic mass is 9.96. The van der Waals surface area contributed by atoms with Gasteiger partial charge in [0.1, 0.15) is 12.8 Å². The Balaban J connectivity index is 1.48. The summed E-state index contributed by atoms with van der Waals surface area (Å²) in [6.07, 6.45) is 6.92. The topological polar surface area (TPSA) is 49.8 Å². The molecule has 122 valence electrons. The summed E-state index contributed by atoms with van der Waals surface area (Å²) in [6, 6.07) is 0. The summed E-state index contributed by atoms with van der Waals surface area (Å²) in [5.74, 6) is 1.38. The second kappa shape index (κ2) is 6.41. The summed E-state index contributed by atoms with van der Waals surface area (Å²) in [6.45, 7) is 2.20. The zero-order valence-corrected chi connectivity index (χ0v) is 13.0. The number of aliphatic hydroxyl groups is 1. The van der Waals surface area contributed by atoms with Crippen molar-refractivity contribution in [3.05, 3.63) is 23.8 Å². The number of hydrogen-bond donors (Lipinski definition) is 1. The molecule has 1 aliphatic heterocycles. The fourth-order valence-electron chi connectivity index (χ4n) is 3.43. The molecule has 1 unspecified atom stereocenters. The third-order valence-electron chi connectivity index (χ3n) is 5.00. The van der Waals surface area contributed by atoms with Crippen LogP contribution in [0.1, 0.15) is 26.2 Å². The van der Waals surface area contributed by atoms with E-state index in [4.69, 9.17) is 4.74 Å². The van der Waals surface area contributed by atoms with Gasteiger partial charge in [0.05, 0.1) is 12.6 Å². The van der Waals surface area contributed by atoms with E-state index in [2.05, 4.69) is 12.2 Å². The molecule has 3 aliphatic rings. The number of rotatable bonds is 2. The van der Waals surface area contributed by atoms with E-state index in [1.165, 1.54) is 16.9 Å². The molecule has 3 rings (SSSR count). The number of hydrogen-bond acceptors (Lipinski definition) is 3. The molecule has 2 fully saturated rings. The quantitative estimate of drug-likeness (QED) is 0.853. The minimum Gasteiger partial charge on any atom is -0.445 e. The minimum atomic E-state index is -1.40. The Hall–Kier alpha value is -1.36.